The van der Waals surface area contributed by atoms with Gasteiger partial charge in [0.25, 0.3) is 11.8 Å². The molecule has 2 unspecified atom stereocenters. The van der Waals surface area contributed by atoms with Crippen LogP contribution in [0.25, 0.3) is 0 Å². The molecule has 0 aliphatic carbocycles. The number of fused-ring (bicyclic) bond motifs is 1. The molecular weight excluding hydrogens is 406 g/mol. The Morgan fingerprint density at radius 2 is 1.75 bits per heavy atom. The summed E-state index contributed by atoms with van der Waals surface area (Å²) in [7, 11) is 1.70. The molecule has 2 amide bonds. The van der Waals surface area contributed by atoms with Gasteiger partial charge in [-0.25, -0.2) is 0 Å². The predicted molar refractivity (Wildman–Crippen MR) is 121 cm³/mol. The maximum absolute atomic E-state index is 12.7. The van der Waals surface area contributed by atoms with Crippen molar-refractivity contribution in [2.75, 3.05) is 26.7 Å². The molecule has 1 saturated heterocycles. The molecule has 7 heteroatoms. The van der Waals surface area contributed by atoms with E-state index in [-0.39, 0.29) is 30.5 Å². The van der Waals surface area contributed by atoms with Gasteiger partial charge in [-0.3, -0.25) is 9.59 Å². The molecule has 170 valence electrons. The summed E-state index contributed by atoms with van der Waals surface area (Å²) in [6.07, 6.45) is 1.94. The fraction of sp³-hybridized carbons (Fsp3) is 0.440. The molecule has 2 aliphatic heterocycles. The summed E-state index contributed by atoms with van der Waals surface area (Å²) in [5, 5.41) is 16.7. The van der Waals surface area contributed by atoms with Gasteiger partial charge in [-0.2, -0.15) is 0 Å². The second kappa shape index (κ2) is 10.3. The molecular formula is C25H31N3O4. The van der Waals surface area contributed by atoms with Crippen molar-refractivity contribution in [2.24, 2.45) is 0 Å². The first-order valence-corrected chi connectivity index (χ1v) is 11.2. The summed E-state index contributed by atoms with van der Waals surface area (Å²) in [6.45, 7) is 2.23. The fourth-order valence-corrected chi connectivity index (χ4v) is 4.43. The molecule has 0 aromatic heterocycles. The van der Waals surface area contributed by atoms with Gasteiger partial charge >= 0.3 is 0 Å². The SMILES string of the molecule is COC1CCN(C(=O)c2ccc(C(=O)NCC(O)C3Cc4ccccc4CN3)cc2)CC1. The number of amides is 2. The summed E-state index contributed by atoms with van der Waals surface area (Å²) >= 11 is 0. The van der Waals surface area contributed by atoms with Crippen molar-refractivity contribution < 1.29 is 19.4 Å². The van der Waals surface area contributed by atoms with E-state index in [1.165, 1.54) is 11.1 Å². The standard InChI is InChI=1S/C25H31N3O4/c1-32-21-10-12-28(13-11-21)25(31)18-8-6-17(7-9-18)24(30)27-16-23(29)22-14-19-4-2-3-5-20(19)15-26-22/h2-9,21-23,26,29H,10-16H2,1H3,(H,27,30). The molecule has 0 radical (unpaired) electrons. The number of methoxy groups -OCH3 is 1. The molecule has 3 N–H and O–H groups in total. The van der Waals surface area contributed by atoms with Gasteiger partial charge in [-0.15, -0.1) is 0 Å². The smallest absolute Gasteiger partial charge is 0.253 e. The molecule has 1 fully saturated rings. The van der Waals surface area contributed by atoms with Crippen LogP contribution in [0.15, 0.2) is 48.5 Å². The Labute approximate surface area is 188 Å². The number of likely N-dealkylation sites (tertiary alicyclic amines) is 1. The Kier molecular flexibility index (Phi) is 7.19. The normalized spacial score (nSPS) is 19.8. The number of carbonyl (C=O) groups is 2. The highest BCUT2D eigenvalue weighted by molar-refractivity contribution is 5.97. The predicted octanol–water partition coefficient (Wildman–Crippen LogP) is 1.74. The summed E-state index contributed by atoms with van der Waals surface area (Å²) in [5.74, 6) is -0.286. The lowest BCUT2D eigenvalue weighted by atomic mass is 9.93. The minimum atomic E-state index is -0.691. The Hall–Kier alpha value is -2.74. The Morgan fingerprint density at radius 3 is 2.44 bits per heavy atom. The molecule has 4 rings (SSSR count). The van der Waals surface area contributed by atoms with Crippen LogP contribution in [0.2, 0.25) is 0 Å². The topological polar surface area (TPSA) is 90.9 Å². The number of aliphatic hydroxyl groups excluding tert-OH is 1. The van der Waals surface area contributed by atoms with Gasteiger partial charge in [-0.1, -0.05) is 24.3 Å². The Morgan fingerprint density at radius 1 is 1.09 bits per heavy atom. The van der Waals surface area contributed by atoms with Crippen molar-refractivity contribution >= 4 is 11.8 Å². The van der Waals surface area contributed by atoms with E-state index in [2.05, 4.69) is 22.8 Å². The van der Waals surface area contributed by atoms with Crippen LogP contribution in [0.5, 0.6) is 0 Å². The third-order valence-electron chi connectivity index (χ3n) is 6.51. The maximum Gasteiger partial charge on any atom is 0.253 e. The molecule has 2 aromatic rings. The average Bonchev–Trinajstić information content (AvgIpc) is 2.86. The first kappa shape index (κ1) is 22.5. The molecule has 0 spiro atoms. The largest absolute Gasteiger partial charge is 0.390 e. The molecule has 2 atom stereocenters. The van der Waals surface area contributed by atoms with E-state index in [0.29, 0.717) is 30.8 Å². The van der Waals surface area contributed by atoms with Crippen molar-refractivity contribution in [3.63, 3.8) is 0 Å². The van der Waals surface area contributed by atoms with Crippen LogP contribution in [0.4, 0.5) is 0 Å². The quantitative estimate of drug-likeness (QED) is 0.641. The highest BCUT2D eigenvalue weighted by atomic mass is 16.5. The maximum atomic E-state index is 12.7. The van der Waals surface area contributed by atoms with E-state index < -0.39 is 6.10 Å². The first-order chi connectivity index (χ1) is 15.5. The number of rotatable bonds is 6. The second-order valence-electron chi connectivity index (χ2n) is 8.54. The number of nitrogens with zero attached hydrogens (tertiary/aromatic N) is 1. The molecule has 2 aromatic carbocycles. The van der Waals surface area contributed by atoms with Crippen molar-refractivity contribution in [3.05, 3.63) is 70.8 Å². The van der Waals surface area contributed by atoms with E-state index in [1.54, 1.807) is 31.4 Å². The van der Waals surface area contributed by atoms with E-state index in [4.69, 9.17) is 4.74 Å². The van der Waals surface area contributed by atoms with E-state index in [9.17, 15) is 14.7 Å². The van der Waals surface area contributed by atoms with Crippen molar-refractivity contribution in [2.45, 2.75) is 44.1 Å². The van der Waals surface area contributed by atoms with E-state index in [0.717, 1.165) is 19.3 Å². The van der Waals surface area contributed by atoms with Crippen molar-refractivity contribution in [1.29, 1.82) is 0 Å². The average molecular weight is 438 g/mol. The number of benzene rings is 2. The molecule has 2 aliphatic rings. The van der Waals surface area contributed by atoms with Gasteiger partial charge in [-0.05, 0) is 54.7 Å². The highest BCUT2D eigenvalue weighted by Crippen LogP contribution is 2.18. The van der Waals surface area contributed by atoms with Crippen LogP contribution >= 0.6 is 0 Å². The number of aliphatic hydroxyl groups is 1. The van der Waals surface area contributed by atoms with Crippen LogP contribution < -0.4 is 10.6 Å². The number of carbonyl (C=O) groups excluding carboxylic acids is 2. The second-order valence-corrected chi connectivity index (χ2v) is 8.54. The zero-order valence-corrected chi connectivity index (χ0v) is 18.4. The van der Waals surface area contributed by atoms with Crippen LogP contribution in [0.3, 0.4) is 0 Å². The monoisotopic (exact) mass is 437 g/mol. The lowest BCUT2D eigenvalue weighted by Crippen LogP contribution is -2.49. The lowest BCUT2D eigenvalue weighted by molar-refractivity contribution is 0.0350. The summed E-state index contributed by atoms with van der Waals surface area (Å²) in [4.78, 5) is 27.1. The van der Waals surface area contributed by atoms with Gasteiger partial charge in [0.15, 0.2) is 0 Å². The van der Waals surface area contributed by atoms with Gasteiger partial charge in [0.1, 0.15) is 0 Å². The Balaban J connectivity index is 1.27. The summed E-state index contributed by atoms with van der Waals surface area (Å²) < 4.78 is 5.36. The third-order valence-corrected chi connectivity index (χ3v) is 6.51. The number of hydrogen-bond acceptors (Lipinski definition) is 5. The van der Waals surface area contributed by atoms with Gasteiger partial charge in [0.2, 0.25) is 0 Å². The molecule has 0 saturated carbocycles. The minimum Gasteiger partial charge on any atom is -0.390 e. The third kappa shape index (κ3) is 5.18. The fourth-order valence-electron chi connectivity index (χ4n) is 4.43. The van der Waals surface area contributed by atoms with Gasteiger partial charge in [0, 0.05) is 50.5 Å². The first-order valence-electron chi connectivity index (χ1n) is 11.2. The van der Waals surface area contributed by atoms with Crippen LogP contribution in [0, 0.1) is 0 Å². The summed E-state index contributed by atoms with van der Waals surface area (Å²) in [6, 6.07) is 14.8. The minimum absolute atomic E-state index is 0.0226. The van der Waals surface area contributed by atoms with Gasteiger partial charge in [0.05, 0.1) is 12.2 Å². The number of ether oxygens (including phenoxy) is 1. The summed E-state index contributed by atoms with van der Waals surface area (Å²) in [5.41, 5.74) is 3.52. The van der Waals surface area contributed by atoms with Crippen molar-refractivity contribution in [3.8, 4) is 0 Å². The Bertz CT molecular complexity index is 938. The van der Waals surface area contributed by atoms with Crippen LogP contribution in [-0.2, 0) is 17.7 Å². The molecule has 7 nitrogen and oxygen atoms in total. The van der Waals surface area contributed by atoms with Crippen molar-refractivity contribution in [1.82, 2.24) is 15.5 Å². The number of hydrogen-bond donors (Lipinski definition) is 3. The zero-order valence-electron chi connectivity index (χ0n) is 18.4. The van der Waals surface area contributed by atoms with E-state index in [1.807, 2.05) is 17.0 Å². The lowest BCUT2D eigenvalue weighted by Gasteiger charge is -2.31. The van der Waals surface area contributed by atoms with E-state index >= 15 is 0 Å². The zero-order chi connectivity index (χ0) is 22.5. The van der Waals surface area contributed by atoms with Gasteiger partial charge < -0.3 is 25.4 Å². The number of piperidine rings is 1. The van der Waals surface area contributed by atoms with Crippen LogP contribution in [0.1, 0.15) is 44.7 Å². The van der Waals surface area contributed by atoms with Crippen LogP contribution in [-0.4, -0.2) is 66.8 Å². The molecule has 32 heavy (non-hydrogen) atoms. The molecule has 2 heterocycles. The molecule has 0 bridgehead atoms. The number of nitrogens with one attached hydrogen (secondary N) is 2. The highest BCUT2D eigenvalue weighted by Gasteiger charge is 2.25.